The van der Waals surface area contributed by atoms with Gasteiger partial charge < -0.3 is 0 Å². The second-order valence-electron chi connectivity index (χ2n) is 2.89. The molecule has 0 aliphatic carbocycles. The van der Waals surface area contributed by atoms with Gasteiger partial charge in [0.1, 0.15) is 0 Å². The van der Waals surface area contributed by atoms with Crippen LogP contribution in [-0.2, 0) is 6.42 Å². The molecule has 10 heavy (non-hydrogen) atoms. The molecule has 0 unspecified atom stereocenters. The van der Waals surface area contributed by atoms with Crippen LogP contribution in [0, 0.1) is 5.92 Å². The maximum absolute atomic E-state index is 2.24. The van der Waals surface area contributed by atoms with E-state index in [1.165, 1.54) is 12.0 Å². The fourth-order valence-electron chi connectivity index (χ4n) is 1.02. The Labute approximate surface area is 75.2 Å². The predicted molar refractivity (Wildman–Crippen MR) is 40.6 cm³/mol. The summed E-state index contributed by atoms with van der Waals surface area (Å²) < 4.78 is 0. The fourth-order valence-corrected chi connectivity index (χ4v) is 1.02. The van der Waals surface area contributed by atoms with Crippen molar-refractivity contribution in [3.63, 3.8) is 0 Å². The van der Waals surface area contributed by atoms with E-state index in [1.807, 2.05) is 0 Å². The molecule has 1 rings (SSSR count). The van der Waals surface area contributed by atoms with E-state index in [9.17, 15) is 0 Å². The molecule has 50 valence electrons. The third kappa shape index (κ3) is 3.20. The van der Waals surface area contributed by atoms with Crippen LogP contribution in [0.3, 0.4) is 0 Å². The summed E-state index contributed by atoms with van der Waals surface area (Å²) in [5.41, 5.74) is 1.46. The van der Waals surface area contributed by atoms with Crippen LogP contribution < -0.4 is 18.9 Å². The molecule has 0 aromatic heterocycles. The van der Waals surface area contributed by atoms with Crippen molar-refractivity contribution >= 4 is 0 Å². The van der Waals surface area contributed by atoms with Crippen molar-refractivity contribution in [1.82, 2.24) is 0 Å². The molecule has 0 saturated carbocycles. The summed E-state index contributed by atoms with van der Waals surface area (Å²) in [5, 5.41) is 0. The summed E-state index contributed by atoms with van der Waals surface area (Å²) in [6.45, 7) is 4.49. The van der Waals surface area contributed by atoms with Crippen LogP contribution >= 0.6 is 0 Å². The molecule has 0 nitrogen and oxygen atoms in total. The first-order valence-electron chi connectivity index (χ1n) is 3.49. The van der Waals surface area contributed by atoms with Crippen molar-refractivity contribution in [2.24, 2.45) is 5.92 Å². The van der Waals surface area contributed by atoms with Crippen LogP contribution in [0.25, 0.3) is 0 Å². The molecule has 0 heterocycles. The fraction of sp³-hybridized carbons (Fsp3) is 0.444. The van der Waals surface area contributed by atoms with Crippen molar-refractivity contribution in [2.45, 2.75) is 20.3 Å². The minimum atomic E-state index is 0. The second-order valence-corrected chi connectivity index (χ2v) is 2.89. The summed E-state index contributed by atoms with van der Waals surface area (Å²) in [7, 11) is 0. The van der Waals surface area contributed by atoms with Crippen molar-refractivity contribution in [2.75, 3.05) is 0 Å². The van der Waals surface area contributed by atoms with Gasteiger partial charge in [-0.3, -0.25) is 0 Å². The molecule has 1 aromatic carbocycles. The van der Waals surface area contributed by atoms with Crippen LogP contribution in [0.1, 0.15) is 19.4 Å². The van der Waals surface area contributed by atoms with E-state index in [-0.39, 0.29) is 18.9 Å². The molecule has 0 saturated heterocycles. The number of rotatable bonds is 2. The average Bonchev–Trinajstić information content (AvgIpc) is 2.15. The maximum Gasteiger partial charge on any atom is 1.00 e. The summed E-state index contributed by atoms with van der Waals surface area (Å²) >= 11 is 0. The Morgan fingerprint density at radius 3 is 2.10 bits per heavy atom. The molecule has 0 atom stereocenters. The standard InChI is InChI=1S/C9H13.Li/c1-8(2)7-9-5-3-4-6-9;/h3-6,8H,7H2,1-2H3;/q-1;+1. The Hall–Kier alpha value is -0.0526. The first-order chi connectivity index (χ1) is 4.29. The van der Waals surface area contributed by atoms with Crippen molar-refractivity contribution < 1.29 is 18.9 Å². The van der Waals surface area contributed by atoms with Crippen molar-refractivity contribution in [1.29, 1.82) is 0 Å². The van der Waals surface area contributed by atoms with Gasteiger partial charge in [-0.05, 0) is 0 Å². The minimum Gasteiger partial charge on any atom is -0.213 e. The SMILES string of the molecule is CC(C)C[c-]1cccc1.[Li+]. The maximum atomic E-state index is 2.24. The van der Waals surface area contributed by atoms with Gasteiger partial charge in [0.2, 0.25) is 0 Å². The zero-order valence-corrected chi connectivity index (χ0v) is 7.09. The molecule has 0 bridgehead atoms. The molecule has 0 aliphatic rings. The van der Waals surface area contributed by atoms with Crippen LogP contribution in [0.5, 0.6) is 0 Å². The van der Waals surface area contributed by atoms with E-state index in [0.717, 1.165) is 5.92 Å². The summed E-state index contributed by atoms with van der Waals surface area (Å²) in [5.74, 6) is 0.785. The van der Waals surface area contributed by atoms with E-state index in [0.29, 0.717) is 0 Å². The molecule has 1 heteroatoms. The molecular formula is C9H13Li. The van der Waals surface area contributed by atoms with E-state index in [1.54, 1.807) is 0 Å². The van der Waals surface area contributed by atoms with Crippen molar-refractivity contribution in [3.8, 4) is 0 Å². The Balaban J connectivity index is 0.000000810. The largest absolute Gasteiger partial charge is 1.00 e. The number of hydrogen-bond donors (Lipinski definition) is 0. The van der Waals surface area contributed by atoms with Gasteiger partial charge in [0, 0.05) is 0 Å². The monoisotopic (exact) mass is 128 g/mol. The zero-order chi connectivity index (χ0) is 6.69. The van der Waals surface area contributed by atoms with Gasteiger partial charge in [-0.1, -0.05) is 26.2 Å². The molecule has 0 amide bonds. The molecule has 1 aromatic rings. The summed E-state index contributed by atoms with van der Waals surface area (Å²) in [6, 6.07) is 8.55. The smallest absolute Gasteiger partial charge is 0.213 e. The van der Waals surface area contributed by atoms with Gasteiger partial charge in [-0.15, -0.1) is 0 Å². The third-order valence-corrected chi connectivity index (χ3v) is 1.38. The molecule has 0 fully saturated rings. The van der Waals surface area contributed by atoms with E-state index in [4.69, 9.17) is 0 Å². The van der Waals surface area contributed by atoms with Gasteiger partial charge in [-0.2, -0.15) is 17.7 Å². The van der Waals surface area contributed by atoms with Gasteiger partial charge in [0.15, 0.2) is 0 Å². The summed E-state index contributed by atoms with van der Waals surface area (Å²) in [6.07, 6.45) is 1.22. The second kappa shape index (κ2) is 4.72. The van der Waals surface area contributed by atoms with Crippen LogP contribution in [0.15, 0.2) is 24.3 Å². The quantitative estimate of drug-likeness (QED) is 0.376. The van der Waals surface area contributed by atoms with Gasteiger partial charge in [0.25, 0.3) is 0 Å². The van der Waals surface area contributed by atoms with E-state index < -0.39 is 0 Å². The van der Waals surface area contributed by atoms with E-state index in [2.05, 4.69) is 38.1 Å². The Morgan fingerprint density at radius 1 is 1.20 bits per heavy atom. The molecular weight excluding hydrogens is 115 g/mol. The number of hydrogen-bond acceptors (Lipinski definition) is 0. The average molecular weight is 128 g/mol. The Bertz CT molecular complexity index is 151. The normalized spacial score (nSPS) is 9.50. The molecule has 0 spiro atoms. The van der Waals surface area contributed by atoms with Crippen LogP contribution in [0.4, 0.5) is 0 Å². The first-order valence-corrected chi connectivity index (χ1v) is 3.49. The van der Waals surface area contributed by atoms with Crippen LogP contribution in [-0.4, -0.2) is 0 Å². The summed E-state index contributed by atoms with van der Waals surface area (Å²) in [4.78, 5) is 0. The van der Waals surface area contributed by atoms with Crippen LogP contribution in [0.2, 0.25) is 0 Å². The zero-order valence-electron chi connectivity index (χ0n) is 7.09. The minimum absolute atomic E-state index is 0. The topological polar surface area (TPSA) is 0 Å². The van der Waals surface area contributed by atoms with E-state index >= 15 is 0 Å². The first kappa shape index (κ1) is 9.95. The van der Waals surface area contributed by atoms with Gasteiger partial charge >= 0.3 is 18.9 Å². The third-order valence-electron chi connectivity index (χ3n) is 1.38. The Kier molecular flexibility index (Phi) is 4.69. The molecule has 0 aliphatic heterocycles. The Morgan fingerprint density at radius 2 is 1.70 bits per heavy atom. The van der Waals surface area contributed by atoms with Crippen molar-refractivity contribution in [3.05, 3.63) is 29.8 Å². The van der Waals surface area contributed by atoms with Gasteiger partial charge in [-0.25, -0.2) is 12.1 Å². The van der Waals surface area contributed by atoms with Gasteiger partial charge in [0.05, 0.1) is 0 Å². The molecule has 0 radical (unpaired) electrons. The molecule has 0 N–H and O–H groups in total. The predicted octanol–water partition coefficient (Wildman–Crippen LogP) is -0.392.